The highest BCUT2D eigenvalue weighted by molar-refractivity contribution is 5.78. The Morgan fingerprint density at radius 3 is 2.44 bits per heavy atom. The lowest BCUT2D eigenvalue weighted by Crippen LogP contribution is -1.96. The quantitative estimate of drug-likeness (QED) is 0.606. The van der Waals surface area contributed by atoms with Crippen LogP contribution in [0.3, 0.4) is 0 Å². The van der Waals surface area contributed by atoms with Gasteiger partial charge in [-0.2, -0.15) is 0 Å². The van der Waals surface area contributed by atoms with Gasteiger partial charge in [0, 0.05) is 11.3 Å². The van der Waals surface area contributed by atoms with E-state index in [0.29, 0.717) is 0 Å². The summed E-state index contributed by atoms with van der Waals surface area (Å²) in [5.41, 5.74) is 10.4. The van der Waals surface area contributed by atoms with E-state index in [2.05, 4.69) is 24.8 Å². The van der Waals surface area contributed by atoms with Crippen molar-refractivity contribution in [3.05, 3.63) is 66.7 Å². The number of anilines is 1. The lowest BCUT2D eigenvalue weighted by molar-refractivity contribution is 1.28. The minimum Gasteiger partial charge on any atom is -0.398 e. The molecule has 2 aromatic rings. The normalized spacial score (nSPS) is 10.0. The molecule has 2 N–H and O–H groups in total. The van der Waals surface area contributed by atoms with Crippen LogP contribution in [0.25, 0.3) is 11.1 Å². The first kappa shape index (κ1) is 10.5. The number of benzene rings is 2. The van der Waals surface area contributed by atoms with E-state index in [4.69, 9.17) is 5.73 Å². The molecule has 1 nitrogen and oxygen atoms in total. The number of nitrogen functional groups attached to an aromatic ring is 1. The van der Waals surface area contributed by atoms with Crippen molar-refractivity contribution in [2.45, 2.75) is 6.42 Å². The number of hydrogen-bond donors (Lipinski definition) is 1. The summed E-state index contributed by atoms with van der Waals surface area (Å²) in [5, 5.41) is 0. The fraction of sp³-hybridized carbons (Fsp3) is 0.0667. The van der Waals surface area contributed by atoms with E-state index in [0.717, 1.165) is 28.8 Å². The van der Waals surface area contributed by atoms with Crippen molar-refractivity contribution in [1.82, 2.24) is 0 Å². The monoisotopic (exact) mass is 209 g/mol. The molecule has 2 rings (SSSR count). The Bertz CT molecular complexity index is 486. The van der Waals surface area contributed by atoms with E-state index in [1.54, 1.807) is 0 Å². The summed E-state index contributed by atoms with van der Waals surface area (Å²) in [4.78, 5) is 0. The molecule has 2 aromatic carbocycles. The second kappa shape index (κ2) is 4.67. The summed E-state index contributed by atoms with van der Waals surface area (Å²) in [6.45, 7) is 3.74. The van der Waals surface area contributed by atoms with E-state index in [-0.39, 0.29) is 0 Å². The Labute approximate surface area is 96.2 Å². The van der Waals surface area contributed by atoms with Crippen molar-refractivity contribution < 1.29 is 0 Å². The highest BCUT2D eigenvalue weighted by Crippen LogP contribution is 2.28. The molecule has 0 aliphatic heterocycles. The largest absolute Gasteiger partial charge is 0.398 e. The van der Waals surface area contributed by atoms with Gasteiger partial charge in [0.2, 0.25) is 0 Å². The maximum atomic E-state index is 6.15. The highest BCUT2D eigenvalue weighted by Gasteiger charge is 2.04. The molecule has 0 spiro atoms. The predicted molar refractivity (Wildman–Crippen MR) is 70.2 cm³/mol. The lowest BCUT2D eigenvalue weighted by atomic mass is 9.99. The van der Waals surface area contributed by atoms with Crippen LogP contribution in [0.1, 0.15) is 5.56 Å². The molecule has 0 fully saturated rings. The zero-order valence-electron chi connectivity index (χ0n) is 9.19. The molecular weight excluding hydrogens is 194 g/mol. The number of nitrogens with two attached hydrogens (primary N) is 1. The Hall–Kier alpha value is -2.02. The average Bonchev–Trinajstić information content (AvgIpc) is 2.33. The summed E-state index contributed by atoms with van der Waals surface area (Å²) >= 11 is 0. The van der Waals surface area contributed by atoms with E-state index >= 15 is 0 Å². The van der Waals surface area contributed by atoms with Gasteiger partial charge in [0.1, 0.15) is 0 Å². The molecule has 0 aliphatic rings. The molecule has 16 heavy (non-hydrogen) atoms. The average molecular weight is 209 g/mol. The smallest absolute Gasteiger partial charge is 0.0429 e. The Morgan fingerprint density at radius 1 is 1.00 bits per heavy atom. The standard InChI is InChI=1S/C15H15N/c1-2-7-13-10-6-11-14(15(13)16)12-8-4-3-5-9-12/h2-6,8-11H,1,7,16H2. The fourth-order valence-electron chi connectivity index (χ4n) is 1.82. The Balaban J connectivity index is 2.50. The molecule has 0 radical (unpaired) electrons. The third kappa shape index (κ3) is 1.98. The molecule has 0 aromatic heterocycles. The summed E-state index contributed by atoms with van der Waals surface area (Å²) < 4.78 is 0. The van der Waals surface area contributed by atoms with E-state index in [1.807, 2.05) is 36.4 Å². The van der Waals surface area contributed by atoms with Crippen LogP contribution in [0, 0.1) is 0 Å². The Kier molecular flexibility index (Phi) is 3.06. The van der Waals surface area contributed by atoms with E-state index in [9.17, 15) is 0 Å². The van der Waals surface area contributed by atoms with Gasteiger partial charge >= 0.3 is 0 Å². The van der Waals surface area contributed by atoms with Gasteiger partial charge in [-0.1, -0.05) is 54.6 Å². The van der Waals surface area contributed by atoms with Crippen LogP contribution < -0.4 is 5.73 Å². The SMILES string of the molecule is C=CCc1cccc(-c2ccccc2)c1N. The van der Waals surface area contributed by atoms with Crippen LogP contribution in [0.15, 0.2) is 61.2 Å². The van der Waals surface area contributed by atoms with Crippen LogP contribution in [-0.4, -0.2) is 0 Å². The Morgan fingerprint density at radius 2 is 1.75 bits per heavy atom. The molecule has 0 heterocycles. The molecule has 1 heteroatoms. The summed E-state index contributed by atoms with van der Waals surface area (Å²) in [7, 11) is 0. The van der Waals surface area contributed by atoms with Crippen LogP contribution in [0.2, 0.25) is 0 Å². The molecule has 0 saturated carbocycles. The number of allylic oxidation sites excluding steroid dienone is 1. The summed E-state index contributed by atoms with van der Waals surface area (Å²) in [6.07, 6.45) is 2.69. The van der Waals surface area contributed by atoms with Gasteiger partial charge < -0.3 is 5.73 Å². The molecular formula is C15H15N. The molecule has 0 bridgehead atoms. The third-order valence-corrected chi connectivity index (χ3v) is 2.65. The van der Waals surface area contributed by atoms with Gasteiger partial charge in [-0.25, -0.2) is 0 Å². The minimum absolute atomic E-state index is 0.812. The summed E-state index contributed by atoms with van der Waals surface area (Å²) in [5.74, 6) is 0. The van der Waals surface area contributed by atoms with Crippen molar-refractivity contribution in [2.75, 3.05) is 5.73 Å². The molecule has 0 amide bonds. The van der Waals surface area contributed by atoms with Crippen molar-refractivity contribution in [1.29, 1.82) is 0 Å². The van der Waals surface area contributed by atoms with E-state index < -0.39 is 0 Å². The molecule has 0 unspecified atom stereocenters. The van der Waals surface area contributed by atoms with Gasteiger partial charge in [-0.05, 0) is 17.5 Å². The second-order valence-corrected chi connectivity index (χ2v) is 3.74. The first-order valence-electron chi connectivity index (χ1n) is 5.36. The molecule has 0 saturated heterocycles. The van der Waals surface area contributed by atoms with Crippen molar-refractivity contribution in [3.63, 3.8) is 0 Å². The van der Waals surface area contributed by atoms with Crippen LogP contribution in [0.5, 0.6) is 0 Å². The first-order chi connectivity index (χ1) is 7.83. The first-order valence-corrected chi connectivity index (χ1v) is 5.36. The zero-order valence-corrected chi connectivity index (χ0v) is 9.19. The van der Waals surface area contributed by atoms with Crippen molar-refractivity contribution in [3.8, 4) is 11.1 Å². The molecule has 0 aliphatic carbocycles. The number of hydrogen-bond acceptors (Lipinski definition) is 1. The van der Waals surface area contributed by atoms with Gasteiger partial charge in [0.05, 0.1) is 0 Å². The van der Waals surface area contributed by atoms with Crippen LogP contribution in [0.4, 0.5) is 5.69 Å². The molecule has 0 atom stereocenters. The highest BCUT2D eigenvalue weighted by atomic mass is 14.6. The third-order valence-electron chi connectivity index (χ3n) is 2.65. The maximum absolute atomic E-state index is 6.15. The van der Waals surface area contributed by atoms with Crippen LogP contribution in [-0.2, 0) is 6.42 Å². The fourth-order valence-corrected chi connectivity index (χ4v) is 1.82. The number of para-hydroxylation sites is 1. The minimum atomic E-state index is 0.812. The van der Waals surface area contributed by atoms with Crippen molar-refractivity contribution in [2.24, 2.45) is 0 Å². The lowest BCUT2D eigenvalue weighted by Gasteiger charge is -2.09. The predicted octanol–water partition coefficient (Wildman–Crippen LogP) is 3.66. The van der Waals surface area contributed by atoms with Gasteiger partial charge in [-0.3, -0.25) is 0 Å². The zero-order chi connectivity index (χ0) is 11.4. The van der Waals surface area contributed by atoms with Gasteiger partial charge in [0.15, 0.2) is 0 Å². The van der Waals surface area contributed by atoms with Crippen LogP contribution >= 0.6 is 0 Å². The van der Waals surface area contributed by atoms with Gasteiger partial charge in [-0.15, -0.1) is 6.58 Å². The topological polar surface area (TPSA) is 26.0 Å². The van der Waals surface area contributed by atoms with Gasteiger partial charge in [0.25, 0.3) is 0 Å². The second-order valence-electron chi connectivity index (χ2n) is 3.74. The molecule has 80 valence electrons. The van der Waals surface area contributed by atoms with E-state index in [1.165, 1.54) is 0 Å². The maximum Gasteiger partial charge on any atom is 0.0429 e. The van der Waals surface area contributed by atoms with Crippen molar-refractivity contribution >= 4 is 5.69 Å². The summed E-state index contributed by atoms with van der Waals surface area (Å²) in [6, 6.07) is 16.3. The number of rotatable bonds is 3.